The van der Waals surface area contributed by atoms with Crippen LogP contribution in [-0.2, 0) is 9.22 Å². The Morgan fingerprint density at radius 3 is 2.50 bits per heavy atom. The molecule has 3 atom stereocenters. The third kappa shape index (κ3) is 3.05. The molecule has 0 bridgehead atoms. The lowest BCUT2D eigenvalue weighted by molar-refractivity contribution is -0.133. The van der Waals surface area contributed by atoms with Gasteiger partial charge in [0.25, 0.3) is 0 Å². The van der Waals surface area contributed by atoms with Crippen molar-refractivity contribution in [3.8, 4) is 0 Å². The normalized spacial score (nSPS) is 35.5. The SMILES string of the molecule is CC(C)(C)[Si](C)(C)O[C@@H]1CC[C@@]2(C)C(=O)/C(=C\O)CC[C@@H]2C1. The number of carbonyl (C=O) groups excluding carboxylic acids is 1. The molecule has 0 amide bonds. The molecule has 0 aliphatic heterocycles. The highest BCUT2D eigenvalue weighted by Crippen LogP contribution is 2.51. The maximum Gasteiger partial charge on any atom is 0.192 e. The summed E-state index contributed by atoms with van der Waals surface area (Å²) in [6.45, 7) is 13.5. The van der Waals surface area contributed by atoms with Crippen molar-refractivity contribution in [2.75, 3.05) is 0 Å². The maximum atomic E-state index is 12.6. The molecule has 3 nitrogen and oxygen atoms in total. The van der Waals surface area contributed by atoms with E-state index in [-0.39, 0.29) is 16.2 Å². The van der Waals surface area contributed by atoms with Gasteiger partial charge in [-0.05, 0) is 56.2 Å². The van der Waals surface area contributed by atoms with Gasteiger partial charge in [-0.1, -0.05) is 27.7 Å². The lowest BCUT2D eigenvalue weighted by atomic mass is 9.58. The van der Waals surface area contributed by atoms with Gasteiger partial charge in [-0.15, -0.1) is 0 Å². The number of aliphatic hydroxyl groups excluding tert-OH is 1. The van der Waals surface area contributed by atoms with Crippen LogP contribution in [-0.4, -0.2) is 25.3 Å². The Bertz CT molecular complexity index is 475. The molecule has 0 heterocycles. The molecule has 126 valence electrons. The first-order chi connectivity index (χ1) is 10.0. The monoisotopic (exact) mass is 324 g/mol. The molecule has 0 saturated heterocycles. The molecule has 2 aliphatic carbocycles. The number of allylic oxidation sites excluding steroid dienone is 1. The zero-order valence-electron chi connectivity index (χ0n) is 15.0. The van der Waals surface area contributed by atoms with Crippen molar-refractivity contribution in [1.29, 1.82) is 0 Å². The predicted molar refractivity (Wildman–Crippen MR) is 92.5 cm³/mol. The molecule has 0 spiro atoms. The molecule has 2 rings (SSSR count). The van der Waals surface area contributed by atoms with E-state index in [1.54, 1.807) is 0 Å². The minimum absolute atomic E-state index is 0.164. The first-order valence-electron chi connectivity index (χ1n) is 8.57. The summed E-state index contributed by atoms with van der Waals surface area (Å²) < 4.78 is 6.59. The number of aliphatic hydroxyl groups is 1. The second kappa shape index (κ2) is 5.79. The summed E-state index contributed by atoms with van der Waals surface area (Å²) in [6, 6.07) is 0. The molecular formula is C18H32O3Si. The summed E-state index contributed by atoms with van der Waals surface area (Å²) in [5.74, 6) is 0.559. The first kappa shape index (κ1) is 17.7. The summed E-state index contributed by atoms with van der Waals surface area (Å²) in [4.78, 5) is 12.6. The van der Waals surface area contributed by atoms with Crippen LogP contribution in [0, 0.1) is 11.3 Å². The zero-order chi connectivity index (χ0) is 16.8. The second-order valence-electron chi connectivity index (χ2n) is 8.91. The number of Topliss-reactive ketones (excluding diaryl/α,β-unsaturated/α-hetero) is 1. The van der Waals surface area contributed by atoms with Gasteiger partial charge in [0.05, 0.1) is 6.26 Å². The third-order valence-corrected chi connectivity index (χ3v) is 11.0. The number of rotatable bonds is 2. The molecule has 2 fully saturated rings. The van der Waals surface area contributed by atoms with Crippen LogP contribution in [0.3, 0.4) is 0 Å². The molecule has 2 aliphatic rings. The van der Waals surface area contributed by atoms with Crippen LogP contribution in [0.5, 0.6) is 0 Å². The van der Waals surface area contributed by atoms with Crippen molar-refractivity contribution in [3.63, 3.8) is 0 Å². The second-order valence-corrected chi connectivity index (χ2v) is 13.7. The van der Waals surface area contributed by atoms with E-state index in [1.807, 2.05) is 0 Å². The average molecular weight is 325 g/mol. The van der Waals surface area contributed by atoms with Gasteiger partial charge < -0.3 is 9.53 Å². The molecule has 0 radical (unpaired) electrons. The van der Waals surface area contributed by atoms with Crippen LogP contribution < -0.4 is 0 Å². The average Bonchev–Trinajstić information content (AvgIpc) is 2.40. The Hall–Kier alpha value is -0.613. The van der Waals surface area contributed by atoms with Crippen LogP contribution in [0.25, 0.3) is 0 Å². The minimum Gasteiger partial charge on any atom is -0.515 e. The summed E-state index contributed by atoms with van der Waals surface area (Å²) in [6.07, 6.45) is 5.87. The van der Waals surface area contributed by atoms with Crippen molar-refractivity contribution >= 4 is 14.1 Å². The third-order valence-electron chi connectivity index (χ3n) is 6.43. The topological polar surface area (TPSA) is 46.5 Å². The fourth-order valence-corrected chi connectivity index (χ4v) is 5.13. The molecule has 22 heavy (non-hydrogen) atoms. The van der Waals surface area contributed by atoms with Crippen molar-refractivity contribution in [3.05, 3.63) is 11.8 Å². The summed E-state index contributed by atoms with van der Waals surface area (Å²) in [5.41, 5.74) is 0.322. The fraction of sp³-hybridized carbons (Fsp3) is 0.833. The number of carbonyl (C=O) groups is 1. The summed E-state index contributed by atoms with van der Waals surface area (Å²) in [7, 11) is -1.75. The van der Waals surface area contributed by atoms with Crippen LogP contribution in [0.15, 0.2) is 11.8 Å². The number of fused-ring (bicyclic) bond motifs is 1. The molecule has 2 saturated carbocycles. The van der Waals surface area contributed by atoms with E-state index in [9.17, 15) is 9.90 Å². The van der Waals surface area contributed by atoms with Crippen molar-refractivity contribution in [2.45, 2.75) is 84.0 Å². The highest BCUT2D eigenvalue weighted by Gasteiger charge is 2.50. The van der Waals surface area contributed by atoms with Crippen molar-refractivity contribution in [1.82, 2.24) is 0 Å². The van der Waals surface area contributed by atoms with Gasteiger partial charge in [0.1, 0.15) is 0 Å². The largest absolute Gasteiger partial charge is 0.515 e. The van der Waals surface area contributed by atoms with Crippen LogP contribution in [0.1, 0.15) is 59.8 Å². The predicted octanol–water partition coefficient (Wildman–Crippen LogP) is 4.99. The zero-order valence-corrected chi connectivity index (χ0v) is 16.0. The van der Waals surface area contributed by atoms with Gasteiger partial charge in [-0.3, -0.25) is 4.79 Å². The molecule has 0 aromatic heterocycles. The lowest BCUT2D eigenvalue weighted by Crippen LogP contribution is -2.50. The standard InChI is InChI=1S/C18H32O3Si/c1-17(2,3)22(5,6)21-15-9-10-18(4)14(11-15)8-7-13(12-19)16(18)20/h12,14-15,19H,7-11H2,1-6H3/b13-12-/t14-,15-,18-/m1/s1. The molecule has 4 heteroatoms. The van der Waals surface area contributed by atoms with Crippen molar-refractivity contribution < 1.29 is 14.3 Å². The Kier molecular flexibility index (Phi) is 4.67. The van der Waals surface area contributed by atoms with Gasteiger partial charge in [-0.25, -0.2) is 0 Å². The van der Waals surface area contributed by atoms with Crippen LogP contribution in [0.2, 0.25) is 18.1 Å². The molecule has 0 unspecified atom stereocenters. The highest BCUT2D eigenvalue weighted by molar-refractivity contribution is 6.74. The molecular weight excluding hydrogens is 292 g/mol. The van der Waals surface area contributed by atoms with Crippen LogP contribution in [0.4, 0.5) is 0 Å². The van der Waals surface area contributed by atoms with Gasteiger partial charge in [-0.2, -0.15) is 0 Å². The Labute approximate surface area is 136 Å². The van der Waals surface area contributed by atoms with Gasteiger partial charge in [0, 0.05) is 17.1 Å². The molecule has 0 aromatic carbocycles. The summed E-state index contributed by atoms with van der Waals surface area (Å²) in [5, 5.41) is 9.48. The van der Waals surface area contributed by atoms with E-state index in [1.165, 1.54) is 0 Å². The lowest BCUT2D eigenvalue weighted by Gasteiger charge is -2.49. The minimum atomic E-state index is -1.75. The van der Waals surface area contributed by atoms with Crippen LogP contribution >= 0.6 is 0 Å². The van der Waals surface area contributed by atoms with Crippen molar-refractivity contribution in [2.24, 2.45) is 11.3 Å². The Morgan fingerprint density at radius 1 is 1.32 bits per heavy atom. The quantitative estimate of drug-likeness (QED) is 0.442. The smallest absolute Gasteiger partial charge is 0.192 e. The van der Waals surface area contributed by atoms with Gasteiger partial charge in [0.2, 0.25) is 0 Å². The molecule has 1 N–H and O–H groups in total. The van der Waals surface area contributed by atoms with Gasteiger partial charge in [0.15, 0.2) is 14.1 Å². The summed E-state index contributed by atoms with van der Waals surface area (Å²) >= 11 is 0. The first-order valence-corrected chi connectivity index (χ1v) is 11.5. The number of hydrogen-bond donors (Lipinski definition) is 1. The van der Waals surface area contributed by atoms with E-state index in [2.05, 4.69) is 40.8 Å². The Morgan fingerprint density at radius 2 is 1.95 bits per heavy atom. The maximum absolute atomic E-state index is 12.6. The Balaban J connectivity index is 2.09. The fourth-order valence-electron chi connectivity index (χ4n) is 3.73. The van der Waals surface area contributed by atoms with E-state index < -0.39 is 8.32 Å². The highest BCUT2D eigenvalue weighted by atomic mass is 28.4. The van der Waals surface area contributed by atoms with E-state index in [0.717, 1.165) is 31.9 Å². The van der Waals surface area contributed by atoms with E-state index >= 15 is 0 Å². The number of hydrogen-bond acceptors (Lipinski definition) is 3. The van der Waals surface area contributed by atoms with Gasteiger partial charge >= 0.3 is 0 Å². The number of ketones is 1. The molecule has 0 aromatic rings. The van der Waals surface area contributed by atoms with E-state index in [0.29, 0.717) is 24.0 Å². The van der Waals surface area contributed by atoms with E-state index in [4.69, 9.17) is 4.43 Å².